The Morgan fingerprint density at radius 2 is 2.24 bits per heavy atom. The zero-order valence-electron chi connectivity index (χ0n) is 8.83. The maximum atomic E-state index is 11.8. The molecule has 0 spiro atoms. The van der Waals surface area contributed by atoms with E-state index in [9.17, 15) is 8.42 Å². The van der Waals surface area contributed by atoms with Crippen LogP contribution in [0.15, 0.2) is 40.1 Å². The van der Waals surface area contributed by atoms with Crippen LogP contribution >= 0.6 is 11.3 Å². The van der Waals surface area contributed by atoms with Gasteiger partial charge in [-0.25, -0.2) is 13.1 Å². The van der Waals surface area contributed by atoms with E-state index in [2.05, 4.69) is 9.71 Å². The summed E-state index contributed by atoms with van der Waals surface area (Å²) in [6.07, 6.45) is 1.62. The average Bonchev–Trinajstić information content (AvgIpc) is 2.76. The molecule has 2 aromatic rings. The summed E-state index contributed by atoms with van der Waals surface area (Å²) >= 11 is 1.10. The van der Waals surface area contributed by atoms with Crippen LogP contribution in [0.2, 0.25) is 0 Å². The predicted octanol–water partition coefficient (Wildman–Crippen LogP) is 1.20. The van der Waals surface area contributed by atoms with Crippen LogP contribution in [0, 0.1) is 0 Å². The molecule has 90 valence electrons. The number of nitrogens with one attached hydrogen (secondary N) is 1. The highest BCUT2D eigenvalue weighted by atomic mass is 32.2. The Kier molecular flexibility index (Phi) is 3.41. The van der Waals surface area contributed by atoms with Gasteiger partial charge in [0.15, 0.2) is 0 Å². The quantitative estimate of drug-likeness (QED) is 0.873. The fraction of sp³-hybridized carbons (Fsp3) is 0.100. The Bertz CT molecular complexity index is 593. The molecule has 7 heteroatoms. The molecule has 0 atom stereocenters. The largest absolute Gasteiger partial charge is 0.398 e. The summed E-state index contributed by atoms with van der Waals surface area (Å²) in [4.78, 5) is 4.03. The molecule has 0 bridgehead atoms. The number of pyridine rings is 1. The van der Waals surface area contributed by atoms with Crippen molar-refractivity contribution in [1.29, 1.82) is 0 Å². The van der Waals surface area contributed by atoms with Crippen LogP contribution in [0.5, 0.6) is 0 Å². The molecule has 0 saturated carbocycles. The third-order valence-electron chi connectivity index (χ3n) is 2.03. The third-order valence-corrected chi connectivity index (χ3v) is 4.89. The second kappa shape index (κ2) is 4.82. The predicted molar refractivity (Wildman–Crippen MR) is 67.0 cm³/mol. The van der Waals surface area contributed by atoms with Gasteiger partial charge in [0, 0.05) is 17.3 Å². The van der Waals surface area contributed by atoms with Crippen LogP contribution in [0.1, 0.15) is 5.69 Å². The Labute approximate surface area is 103 Å². The zero-order valence-corrected chi connectivity index (χ0v) is 10.5. The standard InChI is InChI=1S/C10H11N3O2S2/c11-8-5-10(16-7-8)17(14,15)13-6-9-3-1-2-4-12-9/h1-5,7,13H,6,11H2. The number of nitrogens with zero attached hydrogens (tertiary/aromatic N) is 1. The second-order valence-electron chi connectivity index (χ2n) is 3.34. The molecule has 0 fully saturated rings. The number of nitrogen functional groups attached to an aromatic ring is 1. The molecular weight excluding hydrogens is 258 g/mol. The monoisotopic (exact) mass is 269 g/mol. The summed E-state index contributed by atoms with van der Waals surface area (Å²) in [5.74, 6) is 0. The first-order chi connectivity index (χ1) is 8.08. The van der Waals surface area contributed by atoms with E-state index in [0.29, 0.717) is 11.4 Å². The van der Waals surface area contributed by atoms with E-state index in [0.717, 1.165) is 11.3 Å². The topological polar surface area (TPSA) is 85.1 Å². The van der Waals surface area contributed by atoms with Crippen molar-refractivity contribution >= 4 is 27.0 Å². The molecule has 0 unspecified atom stereocenters. The molecule has 2 aromatic heterocycles. The van der Waals surface area contributed by atoms with Gasteiger partial charge in [-0.1, -0.05) is 6.07 Å². The van der Waals surface area contributed by atoms with Crippen molar-refractivity contribution in [3.05, 3.63) is 41.5 Å². The number of hydrogen-bond donors (Lipinski definition) is 2. The number of sulfonamides is 1. The molecule has 2 rings (SSSR count). The molecule has 2 heterocycles. The van der Waals surface area contributed by atoms with E-state index >= 15 is 0 Å². The lowest BCUT2D eigenvalue weighted by Crippen LogP contribution is -2.22. The number of rotatable bonds is 4. The van der Waals surface area contributed by atoms with Crippen molar-refractivity contribution in [2.45, 2.75) is 10.8 Å². The van der Waals surface area contributed by atoms with Gasteiger partial charge in [0.1, 0.15) is 4.21 Å². The minimum Gasteiger partial charge on any atom is -0.398 e. The van der Waals surface area contributed by atoms with Crippen molar-refractivity contribution in [1.82, 2.24) is 9.71 Å². The lowest BCUT2D eigenvalue weighted by molar-refractivity contribution is 0.582. The normalized spacial score (nSPS) is 11.5. The van der Waals surface area contributed by atoms with Gasteiger partial charge in [-0.2, -0.15) is 0 Å². The molecule has 0 aliphatic heterocycles. The molecule has 0 aliphatic rings. The molecule has 5 nitrogen and oxygen atoms in total. The first-order valence-electron chi connectivity index (χ1n) is 4.81. The van der Waals surface area contributed by atoms with Gasteiger partial charge in [0.05, 0.1) is 12.2 Å². The number of nitrogens with two attached hydrogens (primary N) is 1. The number of hydrogen-bond acceptors (Lipinski definition) is 5. The lowest BCUT2D eigenvalue weighted by Gasteiger charge is -2.03. The van der Waals surface area contributed by atoms with Crippen LogP contribution in [0.3, 0.4) is 0 Å². The van der Waals surface area contributed by atoms with Crippen LogP contribution < -0.4 is 10.5 Å². The van der Waals surface area contributed by atoms with Crippen molar-refractivity contribution in [2.24, 2.45) is 0 Å². The van der Waals surface area contributed by atoms with E-state index in [-0.39, 0.29) is 10.8 Å². The summed E-state index contributed by atoms with van der Waals surface area (Å²) in [7, 11) is -3.49. The number of thiophene rings is 1. The summed E-state index contributed by atoms with van der Waals surface area (Å²) < 4.78 is 26.4. The first kappa shape index (κ1) is 12.0. The number of aromatic nitrogens is 1. The molecular formula is C10H11N3O2S2. The second-order valence-corrected chi connectivity index (χ2v) is 6.25. The van der Waals surface area contributed by atoms with Crippen molar-refractivity contribution in [2.75, 3.05) is 5.73 Å². The van der Waals surface area contributed by atoms with Crippen molar-refractivity contribution in [3.8, 4) is 0 Å². The molecule has 0 amide bonds. The summed E-state index contributed by atoms with van der Waals surface area (Å²) in [5, 5.41) is 1.59. The third kappa shape index (κ3) is 3.02. The fourth-order valence-electron chi connectivity index (χ4n) is 1.21. The highest BCUT2D eigenvalue weighted by molar-refractivity contribution is 7.91. The molecule has 0 aromatic carbocycles. The van der Waals surface area contributed by atoms with Gasteiger partial charge in [0.25, 0.3) is 0 Å². The van der Waals surface area contributed by atoms with E-state index in [4.69, 9.17) is 5.73 Å². The number of anilines is 1. The maximum absolute atomic E-state index is 11.8. The van der Waals surface area contributed by atoms with Crippen molar-refractivity contribution < 1.29 is 8.42 Å². The maximum Gasteiger partial charge on any atom is 0.250 e. The molecule has 3 N–H and O–H groups in total. The van der Waals surface area contributed by atoms with Gasteiger partial charge in [0.2, 0.25) is 10.0 Å². The molecule has 0 radical (unpaired) electrons. The SMILES string of the molecule is Nc1csc(S(=O)(=O)NCc2ccccn2)c1. The fourth-order valence-corrected chi connectivity index (χ4v) is 3.34. The smallest absolute Gasteiger partial charge is 0.250 e. The van der Waals surface area contributed by atoms with E-state index in [1.54, 1.807) is 29.8 Å². The van der Waals surface area contributed by atoms with Gasteiger partial charge >= 0.3 is 0 Å². The van der Waals surface area contributed by atoms with E-state index < -0.39 is 10.0 Å². The van der Waals surface area contributed by atoms with E-state index in [1.165, 1.54) is 6.07 Å². The lowest BCUT2D eigenvalue weighted by atomic mass is 10.4. The van der Waals surface area contributed by atoms with Crippen LogP contribution in [0.25, 0.3) is 0 Å². The Balaban J connectivity index is 2.09. The van der Waals surface area contributed by atoms with Gasteiger partial charge in [-0.15, -0.1) is 11.3 Å². The van der Waals surface area contributed by atoms with Crippen molar-refractivity contribution in [3.63, 3.8) is 0 Å². The van der Waals surface area contributed by atoms with Gasteiger partial charge in [-0.3, -0.25) is 4.98 Å². The van der Waals surface area contributed by atoms with Crippen LogP contribution in [0.4, 0.5) is 5.69 Å². The van der Waals surface area contributed by atoms with Crippen LogP contribution in [-0.4, -0.2) is 13.4 Å². The highest BCUT2D eigenvalue weighted by Gasteiger charge is 2.15. The minimum absolute atomic E-state index is 0.168. The minimum atomic E-state index is -3.49. The first-order valence-corrected chi connectivity index (χ1v) is 7.18. The summed E-state index contributed by atoms with van der Waals surface area (Å²) in [6.45, 7) is 0.168. The molecule has 0 aliphatic carbocycles. The zero-order chi connectivity index (χ0) is 12.3. The average molecular weight is 269 g/mol. The Morgan fingerprint density at radius 1 is 1.41 bits per heavy atom. The molecule has 0 saturated heterocycles. The van der Waals surface area contributed by atoms with E-state index in [1.807, 2.05) is 0 Å². The molecule has 17 heavy (non-hydrogen) atoms. The highest BCUT2D eigenvalue weighted by Crippen LogP contribution is 2.21. The van der Waals surface area contributed by atoms with Gasteiger partial charge in [-0.05, 0) is 18.2 Å². The van der Waals surface area contributed by atoms with Crippen LogP contribution in [-0.2, 0) is 16.6 Å². The van der Waals surface area contributed by atoms with Gasteiger partial charge < -0.3 is 5.73 Å². The summed E-state index contributed by atoms with van der Waals surface area (Å²) in [6, 6.07) is 6.77. The Hall–Kier alpha value is -1.44. The summed E-state index contributed by atoms with van der Waals surface area (Å²) in [5.41, 5.74) is 6.61. The Morgan fingerprint density at radius 3 is 2.82 bits per heavy atom.